The Hall–Kier alpha value is -0.500. The van der Waals surface area contributed by atoms with Crippen LogP contribution < -0.4 is 0 Å². The van der Waals surface area contributed by atoms with E-state index < -0.39 is 0 Å². The molecule has 1 saturated heterocycles. The van der Waals surface area contributed by atoms with Gasteiger partial charge in [-0.2, -0.15) is 0 Å². The number of hydrogen-bond acceptors (Lipinski definition) is 2. The molecule has 2 rings (SSSR count). The fourth-order valence-electron chi connectivity index (χ4n) is 1.94. The Kier molecular flexibility index (Phi) is 2.35. The minimum atomic E-state index is 0.372. The normalized spacial score (nSPS) is 35.9. The zero-order valence-corrected chi connectivity index (χ0v) is 7.70. The van der Waals surface area contributed by atoms with Gasteiger partial charge in [0.05, 0.1) is 6.10 Å². The van der Waals surface area contributed by atoms with Gasteiger partial charge in [-0.05, 0) is 38.8 Å². The lowest BCUT2D eigenvalue weighted by Crippen LogP contribution is -2.32. The largest absolute Gasteiger partial charge is 0.355 e. The maximum absolute atomic E-state index is 5.78. The molecule has 0 aromatic carbocycles. The van der Waals surface area contributed by atoms with Crippen molar-refractivity contribution in [2.45, 2.75) is 44.9 Å². The van der Waals surface area contributed by atoms with Crippen LogP contribution in [0.5, 0.6) is 0 Å². The van der Waals surface area contributed by atoms with Crippen LogP contribution in [-0.4, -0.2) is 23.8 Å². The summed E-state index contributed by atoms with van der Waals surface area (Å²) in [5.41, 5.74) is 0. The summed E-state index contributed by atoms with van der Waals surface area (Å²) in [6, 6.07) is 0. The van der Waals surface area contributed by atoms with Gasteiger partial charge in [-0.3, -0.25) is 0 Å². The fraction of sp³-hybridized carbons (Fsp3) is 0.800. The third-order valence-corrected chi connectivity index (χ3v) is 2.66. The molecule has 0 amide bonds. The van der Waals surface area contributed by atoms with Crippen molar-refractivity contribution in [2.75, 3.05) is 6.54 Å². The number of rotatable bonds is 1. The second-order valence-corrected chi connectivity index (χ2v) is 3.74. The Morgan fingerprint density at radius 3 is 2.92 bits per heavy atom. The van der Waals surface area contributed by atoms with E-state index in [0.717, 1.165) is 0 Å². The number of ether oxygens (including phenoxy) is 1. The van der Waals surface area contributed by atoms with Crippen molar-refractivity contribution in [3.05, 3.63) is 12.3 Å². The molecule has 68 valence electrons. The Morgan fingerprint density at radius 2 is 2.33 bits per heavy atom. The van der Waals surface area contributed by atoms with Crippen molar-refractivity contribution >= 4 is 0 Å². The standard InChI is InChI=1S/C10H17NO/c1-9-5-6-10(12-9)11-7-3-2-4-8-11/h3,7,9-10H,2,4-6,8H2,1H3. The quantitative estimate of drug-likeness (QED) is 0.593. The highest BCUT2D eigenvalue weighted by atomic mass is 16.5. The van der Waals surface area contributed by atoms with Crippen molar-refractivity contribution in [1.82, 2.24) is 4.90 Å². The molecule has 0 saturated carbocycles. The second kappa shape index (κ2) is 3.48. The lowest BCUT2D eigenvalue weighted by Gasteiger charge is -2.29. The SMILES string of the molecule is CC1CCC(N2C=CCCC2)O1. The van der Waals surface area contributed by atoms with Crippen LogP contribution in [0.1, 0.15) is 32.6 Å². The van der Waals surface area contributed by atoms with Gasteiger partial charge in [0.15, 0.2) is 0 Å². The van der Waals surface area contributed by atoms with Crippen LogP contribution in [-0.2, 0) is 4.74 Å². The molecule has 2 aliphatic rings. The van der Waals surface area contributed by atoms with Gasteiger partial charge in [0.2, 0.25) is 0 Å². The molecule has 2 atom stereocenters. The van der Waals surface area contributed by atoms with Crippen molar-refractivity contribution in [1.29, 1.82) is 0 Å². The zero-order valence-electron chi connectivity index (χ0n) is 7.70. The Labute approximate surface area is 74.2 Å². The summed E-state index contributed by atoms with van der Waals surface area (Å²) in [6.45, 7) is 3.33. The highest BCUT2D eigenvalue weighted by Crippen LogP contribution is 2.24. The molecular formula is C10H17NO. The lowest BCUT2D eigenvalue weighted by atomic mass is 10.2. The Balaban J connectivity index is 1.91. The maximum atomic E-state index is 5.78. The van der Waals surface area contributed by atoms with Gasteiger partial charge in [-0.1, -0.05) is 6.08 Å². The molecule has 1 fully saturated rings. The highest BCUT2D eigenvalue weighted by molar-refractivity contribution is 4.90. The van der Waals surface area contributed by atoms with Crippen LogP contribution >= 0.6 is 0 Å². The van der Waals surface area contributed by atoms with E-state index >= 15 is 0 Å². The molecule has 2 heterocycles. The average Bonchev–Trinajstić information content (AvgIpc) is 2.54. The first-order chi connectivity index (χ1) is 5.86. The molecule has 0 aromatic rings. The van der Waals surface area contributed by atoms with Crippen LogP contribution in [0.2, 0.25) is 0 Å². The Bertz CT molecular complexity index is 179. The molecule has 0 bridgehead atoms. The van der Waals surface area contributed by atoms with E-state index in [9.17, 15) is 0 Å². The monoisotopic (exact) mass is 167 g/mol. The van der Waals surface area contributed by atoms with Crippen LogP contribution in [0.15, 0.2) is 12.3 Å². The molecule has 2 heteroatoms. The maximum Gasteiger partial charge on any atom is 0.130 e. The third-order valence-electron chi connectivity index (χ3n) is 2.66. The predicted molar refractivity (Wildman–Crippen MR) is 48.6 cm³/mol. The summed E-state index contributed by atoms with van der Waals surface area (Å²) in [7, 11) is 0. The van der Waals surface area contributed by atoms with Gasteiger partial charge in [0, 0.05) is 6.54 Å². The number of nitrogens with zero attached hydrogens (tertiary/aromatic N) is 1. The van der Waals surface area contributed by atoms with Gasteiger partial charge >= 0.3 is 0 Å². The van der Waals surface area contributed by atoms with Gasteiger partial charge < -0.3 is 9.64 Å². The van der Waals surface area contributed by atoms with Crippen molar-refractivity contribution in [2.24, 2.45) is 0 Å². The summed E-state index contributed by atoms with van der Waals surface area (Å²) >= 11 is 0. The van der Waals surface area contributed by atoms with Crippen LogP contribution in [0.25, 0.3) is 0 Å². The summed E-state index contributed by atoms with van der Waals surface area (Å²) in [5, 5.41) is 0. The minimum Gasteiger partial charge on any atom is -0.355 e. The summed E-state index contributed by atoms with van der Waals surface area (Å²) in [5.74, 6) is 0. The highest BCUT2D eigenvalue weighted by Gasteiger charge is 2.25. The minimum absolute atomic E-state index is 0.372. The van der Waals surface area contributed by atoms with Crippen molar-refractivity contribution in [3.63, 3.8) is 0 Å². The van der Waals surface area contributed by atoms with Gasteiger partial charge in [0.1, 0.15) is 6.23 Å². The van der Waals surface area contributed by atoms with Crippen LogP contribution in [0.4, 0.5) is 0 Å². The molecule has 0 N–H and O–H groups in total. The summed E-state index contributed by atoms with van der Waals surface area (Å²) in [6.07, 6.45) is 10.2. The summed E-state index contributed by atoms with van der Waals surface area (Å²) in [4.78, 5) is 2.34. The van der Waals surface area contributed by atoms with E-state index in [2.05, 4.69) is 24.1 Å². The van der Waals surface area contributed by atoms with E-state index in [0.29, 0.717) is 12.3 Å². The second-order valence-electron chi connectivity index (χ2n) is 3.74. The topological polar surface area (TPSA) is 12.5 Å². The van der Waals surface area contributed by atoms with E-state index in [4.69, 9.17) is 4.74 Å². The first-order valence-electron chi connectivity index (χ1n) is 4.94. The van der Waals surface area contributed by atoms with E-state index in [1.165, 1.54) is 32.2 Å². The average molecular weight is 167 g/mol. The fourth-order valence-corrected chi connectivity index (χ4v) is 1.94. The summed E-state index contributed by atoms with van der Waals surface area (Å²) < 4.78 is 5.78. The van der Waals surface area contributed by atoms with E-state index in [1.807, 2.05) is 0 Å². The molecule has 0 radical (unpaired) electrons. The Morgan fingerprint density at radius 1 is 1.42 bits per heavy atom. The van der Waals surface area contributed by atoms with Crippen LogP contribution in [0.3, 0.4) is 0 Å². The van der Waals surface area contributed by atoms with Gasteiger partial charge in [0.25, 0.3) is 0 Å². The van der Waals surface area contributed by atoms with Crippen LogP contribution in [0, 0.1) is 0 Å². The molecular weight excluding hydrogens is 150 g/mol. The van der Waals surface area contributed by atoms with Gasteiger partial charge in [-0.15, -0.1) is 0 Å². The molecule has 12 heavy (non-hydrogen) atoms. The van der Waals surface area contributed by atoms with Crippen molar-refractivity contribution in [3.8, 4) is 0 Å². The number of allylic oxidation sites excluding steroid dienone is 1. The molecule has 0 aliphatic carbocycles. The number of hydrogen-bond donors (Lipinski definition) is 0. The molecule has 2 aliphatic heterocycles. The third kappa shape index (κ3) is 1.63. The first kappa shape index (κ1) is 8.11. The molecule has 2 nitrogen and oxygen atoms in total. The van der Waals surface area contributed by atoms with Crippen molar-refractivity contribution < 1.29 is 4.74 Å². The van der Waals surface area contributed by atoms with Gasteiger partial charge in [-0.25, -0.2) is 0 Å². The lowest BCUT2D eigenvalue weighted by molar-refractivity contribution is -0.0282. The van der Waals surface area contributed by atoms with E-state index in [1.54, 1.807) is 0 Å². The van der Waals surface area contributed by atoms with E-state index in [-0.39, 0.29) is 0 Å². The first-order valence-corrected chi connectivity index (χ1v) is 4.94. The molecule has 0 spiro atoms. The predicted octanol–water partition coefficient (Wildman–Crippen LogP) is 2.12. The molecule has 0 aromatic heterocycles. The smallest absolute Gasteiger partial charge is 0.130 e. The zero-order chi connectivity index (χ0) is 8.39. The molecule has 2 unspecified atom stereocenters.